The van der Waals surface area contributed by atoms with Gasteiger partial charge in [-0.25, -0.2) is 0 Å². The number of rotatable bonds is 6. The summed E-state index contributed by atoms with van der Waals surface area (Å²) in [4.78, 5) is 39.3. The fourth-order valence-corrected chi connectivity index (χ4v) is 2.83. The van der Waals surface area contributed by atoms with E-state index in [0.29, 0.717) is 17.1 Å². The van der Waals surface area contributed by atoms with Crippen molar-refractivity contribution in [1.82, 2.24) is 15.5 Å². The second-order valence-corrected chi connectivity index (χ2v) is 6.82. The minimum Gasteiger partial charge on any atom is -0.360 e. The smallest absolute Gasteiger partial charge is 0.251 e. The van der Waals surface area contributed by atoms with Gasteiger partial charge in [0.2, 0.25) is 11.8 Å². The molecule has 0 saturated heterocycles. The van der Waals surface area contributed by atoms with E-state index in [0.717, 1.165) is 16.5 Å². The minimum atomic E-state index is -0.748. The fraction of sp³-hybridized carbons (Fsp3) is 0.300. The van der Waals surface area contributed by atoms with E-state index >= 15 is 0 Å². The van der Waals surface area contributed by atoms with Crippen molar-refractivity contribution in [2.75, 3.05) is 5.32 Å². The van der Waals surface area contributed by atoms with Gasteiger partial charge in [-0.3, -0.25) is 14.4 Å². The van der Waals surface area contributed by atoms with Crippen molar-refractivity contribution in [3.63, 3.8) is 0 Å². The Bertz CT molecular complexity index is 1080. The Morgan fingerprint density at radius 3 is 2.71 bits per heavy atom. The SMILES string of the molecule is Cc1ccc2cc(CCC(=O)NC(C)C(=O)Nc3cc(C)on3)c(=O)[nH]c2c1. The molecule has 3 N–H and O–H groups in total. The Hall–Kier alpha value is -3.42. The third-order valence-corrected chi connectivity index (χ3v) is 4.35. The molecule has 0 bridgehead atoms. The van der Waals surface area contributed by atoms with Gasteiger partial charge in [-0.05, 0) is 50.3 Å². The van der Waals surface area contributed by atoms with Crippen LogP contribution in [-0.2, 0) is 16.0 Å². The summed E-state index contributed by atoms with van der Waals surface area (Å²) in [5.74, 6) is 0.146. The van der Waals surface area contributed by atoms with Crippen molar-refractivity contribution in [3.05, 3.63) is 57.6 Å². The molecule has 8 heteroatoms. The molecular formula is C20H22N4O4. The number of hydrogen-bond acceptors (Lipinski definition) is 5. The second-order valence-electron chi connectivity index (χ2n) is 6.82. The van der Waals surface area contributed by atoms with E-state index in [9.17, 15) is 14.4 Å². The Kier molecular flexibility index (Phi) is 5.58. The van der Waals surface area contributed by atoms with Crippen LogP contribution >= 0.6 is 0 Å². The van der Waals surface area contributed by atoms with E-state index in [1.54, 1.807) is 26.0 Å². The molecule has 2 heterocycles. The molecule has 0 fully saturated rings. The first-order valence-corrected chi connectivity index (χ1v) is 8.98. The Morgan fingerprint density at radius 2 is 2.00 bits per heavy atom. The molecule has 3 aromatic rings. The minimum absolute atomic E-state index is 0.0983. The van der Waals surface area contributed by atoms with E-state index < -0.39 is 11.9 Å². The number of nitrogens with one attached hydrogen (secondary N) is 3. The molecule has 2 amide bonds. The average Bonchev–Trinajstić information content (AvgIpc) is 3.04. The van der Waals surface area contributed by atoms with Gasteiger partial charge in [-0.1, -0.05) is 17.3 Å². The summed E-state index contributed by atoms with van der Waals surface area (Å²) < 4.78 is 4.88. The van der Waals surface area contributed by atoms with E-state index in [-0.39, 0.29) is 24.3 Å². The lowest BCUT2D eigenvalue weighted by atomic mass is 10.1. The zero-order valence-corrected chi connectivity index (χ0v) is 16.0. The number of benzene rings is 1. The summed E-state index contributed by atoms with van der Waals surface area (Å²) in [6.07, 6.45) is 0.378. The number of H-pyrrole nitrogens is 1. The normalized spacial score (nSPS) is 12.0. The quantitative estimate of drug-likeness (QED) is 0.604. The Morgan fingerprint density at radius 1 is 1.21 bits per heavy atom. The monoisotopic (exact) mass is 382 g/mol. The predicted molar refractivity (Wildman–Crippen MR) is 105 cm³/mol. The van der Waals surface area contributed by atoms with Crippen molar-refractivity contribution in [2.24, 2.45) is 0 Å². The summed E-state index contributed by atoms with van der Waals surface area (Å²) in [6, 6.07) is 8.44. The second kappa shape index (κ2) is 8.08. The predicted octanol–water partition coefficient (Wildman–Crippen LogP) is 2.21. The zero-order valence-electron chi connectivity index (χ0n) is 16.0. The largest absolute Gasteiger partial charge is 0.360 e. The molecule has 0 aliphatic rings. The highest BCUT2D eigenvalue weighted by atomic mass is 16.5. The summed E-state index contributed by atoms with van der Waals surface area (Å²) in [5, 5.41) is 9.77. The molecule has 2 aromatic heterocycles. The van der Waals surface area contributed by atoms with Gasteiger partial charge < -0.3 is 20.1 Å². The van der Waals surface area contributed by atoms with Crippen LogP contribution in [0.3, 0.4) is 0 Å². The number of aryl methyl sites for hydroxylation is 3. The number of hydrogen-bond donors (Lipinski definition) is 3. The van der Waals surface area contributed by atoms with Gasteiger partial charge in [-0.15, -0.1) is 0 Å². The molecule has 28 heavy (non-hydrogen) atoms. The molecule has 0 saturated carbocycles. The molecule has 1 unspecified atom stereocenters. The number of nitrogens with zero attached hydrogens (tertiary/aromatic N) is 1. The van der Waals surface area contributed by atoms with Crippen LogP contribution in [0, 0.1) is 13.8 Å². The zero-order chi connectivity index (χ0) is 20.3. The van der Waals surface area contributed by atoms with E-state index in [4.69, 9.17) is 4.52 Å². The summed E-state index contributed by atoms with van der Waals surface area (Å²) in [6.45, 7) is 5.24. The number of pyridine rings is 1. The van der Waals surface area contributed by atoms with Crippen LogP contribution in [0.1, 0.15) is 30.2 Å². The molecule has 0 aliphatic carbocycles. The number of carbonyl (C=O) groups excluding carboxylic acids is 2. The number of aromatic nitrogens is 2. The molecule has 1 aromatic carbocycles. The summed E-state index contributed by atoms with van der Waals surface area (Å²) in [5.41, 5.74) is 2.15. The van der Waals surface area contributed by atoms with E-state index in [1.165, 1.54) is 0 Å². The van der Waals surface area contributed by atoms with Crippen molar-refractivity contribution in [2.45, 2.75) is 39.7 Å². The maximum atomic E-state index is 12.2. The van der Waals surface area contributed by atoms with Gasteiger partial charge in [0, 0.05) is 23.6 Å². The molecule has 0 spiro atoms. The first-order chi connectivity index (χ1) is 13.3. The van der Waals surface area contributed by atoms with E-state index in [2.05, 4.69) is 20.8 Å². The molecular weight excluding hydrogens is 360 g/mol. The fourth-order valence-electron chi connectivity index (χ4n) is 2.83. The molecule has 0 radical (unpaired) electrons. The maximum absolute atomic E-state index is 12.2. The first-order valence-electron chi connectivity index (χ1n) is 8.98. The third-order valence-electron chi connectivity index (χ3n) is 4.35. The van der Waals surface area contributed by atoms with Crippen LogP contribution in [0.2, 0.25) is 0 Å². The van der Waals surface area contributed by atoms with Gasteiger partial charge in [-0.2, -0.15) is 0 Å². The van der Waals surface area contributed by atoms with Crippen molar-refractivity contribution < 1.29 is 14.1 Å². The lowest BCUT2D eigenvalue weighted by molar-refractivity contribution is -0.126. The lowest BCUT2D eigenvalue weighted by Crippen LogP contribution is -2.41. The maximum Gasteiger partial charge on any atom is 0.251 e. The highest BCUT2D eigenvalue weighted by molar-refractivity contribution is 5.96. The molecule has 8 nitrogen and oxygen atoms in total. The van der Waals surface area contributed by atoms with Crippen LogP contribution in [0.15, 0.2) is 39.6 Å². The number of anilines is 1. The standard InChI is InChI=1S/C20H22N4O4/c1-11-4-5-14-10-15(20(27)22-16(14)8-11)6-7-18(25)21-13(3)19(26)23-17-9-12(2)28-24-17/h4-5,8-10,13H,6-7H2,1-3H3,(H,21,25)(H,22,27)(H,23,24,26). The Labute approximate surface area is 161 Å². The van der Waals surface area contributed by atoms with Crippen LogP contribution in [0.25, 0.3) is 10.9 Å². The van der Waals surface area contributed by atoms with Crippen LogP contribution < -0.4 is 16.2 Å². The summed E-state index contributed by atoms with van der Waals surface area (Å²) >= 11 is 0. The number of aromatic amines is 1. The lowest BCUT2D eigenvalue weighted by Gasteiger charge is -2.13. The van der Waals surface area contributed by atoms with E-state index in [1.807, 2.05) is 25.1 Å². The molecule has 146 valence electrons. The van der Waals surface area contributed by atoms with Gasteiger partial charge in [0.05, 0.1) is 0 Å². The highest BCUT2D eigenvalue weighted by Crippen LogP contribution is 2.14. The summed E-state index contributed by atoms with van der Waals surface area (Å²) in [7, 11) is 0. The van der Waals surface area contributed by atoms with Crippen LogP contribution in [0.4, 0.5) is 5.82 Å². The first kappa shape index (κ1) is 19.3. The van der Waals surface area contributed by atoms with Gasteiger partial charge in [0.25, 0.3) is 5.56 Å². The average molecular weight is 382 g/mol. The number of carbonyl (C=O) groups is 2. The Balaban J connectivity index is 1.57. The highest BCUT2D eigenvalue weighted by Gasteiger charge is 2.17. The van der Waals surface area contributed by atoms with Crippen molar-refractivity contribution >= 4 is 28.5 Å². The molecule has 3 rings (SSSR count). The topological polar surface area (TPSA) is 117 Å². The number of amides is 2. The van der Waals surface area contributed by atoms with Crippen molar-refractivity contribution in [3.8, 4) is 0 Å². The number of fused-ring (bicyclic) bond motifs is 1. The van der Waals surface area contributed by atoms with Crippen molar-refractivity contribution in [1.29, 1.82) is 0 Å². The van der Waals surface area contributed by atoms with Crippen LogP contribution in [0.5, 0.6) is 0 Å². The van der Waals surface area contributed by atoms with Gasteiger partial charge >= 0.3 is 0 Å². The molecule has 0 aliphatic heterocycles. The van der Waals surface area contributed by atoms with Gasteiger partial charge in [0.15, 0.2) is 5.82 Å². The third kappa shape index (κ3) is 4.64. The molecule has 1 atom stereocenters. The van der Waals surface area contributed by atoms with Crippen LogP contribution in [-0.4, -0.2) is 28.0 Å². The van der Waals surface area contributed by atoms with Gasteiger partial charge in [0.1, 0.15) is 11.8 Å².